The first kappa shape index (κ1) is 26.6. The zero-order valence-corrected chi connectivity index (χ0v) is 20.7. The van der Waals surface area contributed by atoms with Crippen LogP contribution in [0.5, 0.6) is 5.75 Å². The Labute approximate surface area is 221 Å². The van der Waals surface area contributed by atoms with E-state index in [9.17, 15) is 27.6 Å². The summed E-state index contributed by atoms with van der Waals surface area (Å²) >= 11 is 5.45. The molecule has 1 atom stereocenters. The highest BCUT2D eigenvalue weighted by Crippen LogP contribution is 2.33. The second-order valence-corrected chi connectivity index (χ2v) is 8.54. The maximum Gasteiger partial charge on any atom is 0.416 e. The molecule has 4 rings (SSSR count). The van der Waals surface area contributed by atoms with Crippen LogP contribution in [0.4, 0.5) is 24.5 Å². The van der Waals surface area contributed by atoms with Gasteiger partial charge in [-0.05, 0) is 54.7 Å². The van der Waals surface area contributed by atoms with Gasteiger partial charge in [-0.3, -0.25) is 24.7 Å². The minimum atomic E-state index is -4.66. The zero-order valence-electron chi connectivity index (χ0n) is 19.9. The van der Waals surface area contributed by atoms with Crippen molar-refractivity contribution in [3.8, 4) is 5.75 Å². The number of rotatable bonds is 6. The van der Waals surface area contributed by atoms with Crippen LogP contribution in [-0.2, 0) is 15.8 Å². The maximum absolute atomic E-state index is 13.3. The van der Waals surface area contributed by atoms with Gasteiger partial charge in [0.25, 0.3) is 5.91 Å². The van der Waals surface area contributed by atoms with Gasteiger partial charge < -0.3 is 10.1 Å². The fraction of sp³-hybridized carbons (Fsp3) is 0.154. The van der Waals surface area contributed by atoms with E-state index >= 15 is 0 Å². The van der Waals surface area contributed by atoms with Gasteiger partial charge in [0.1, 0.15) is 11.8 Å². The molecule has 0 bridgehead atoms. The minimum Gasteiger partial charge on any atom is -0.497 e. The number of ether oxygens (including phenoxy) is 1. The number of hydrogen-bond acceptors (Lipinski definition) is 5. The van der Waals surface area contributed by atoms with E-state index in [0.717, 1.165) is 28.1 Å². The van der Waals surface area contributed by atoms with Crippen LogP contribution in [0, 0.1) is 0 Å². The number of amides is 3. The lowest BCUT2D eigenvalue weighted by molar-refractivity contribution is -0.137. The van der Waals surface area contributed by atoms with Gasteiger partial charge in [-0.2, -0.15) is 13.2 Å². The lowest BCUT2D eigenvalue weighted by Crippen LogP contribution is -2.65. The van der Waals surface area contributed by atoms with Crippen molar-refractivity contribution in [3.05, 3.63) is 90.0 Å². The zero-order chi connectivity index (χ0) is 27.4. The second kappa shape index (κ2) is 10.9. The third-order valence-electron chi connectivity index (χ3n) is 5.66. The minimum absolute atomic E-state index is 0.152. The van der Waals surface area contributed by atoms with Crippen molar-refractivity contribution >= 4 is 46.4 Å². The van der Waals surface area contributed by atoms with E-state index in [1.165, 1.54) is 25.3 Å². The molecule has 1 heterocycles. The molecule has 1 aliphatic heterocycles. The van der Waals surface area contributed by atoms with Crippen molar-refractivity contribution in [3.63, 3.8) is 0 Å². The molecule has 1 aliphatic rings. The second-order valence-electron chi connectivity index (χ2n) is 8.18. The first-order valence-corrected chi connectivity index (χ1v) is 11.6. The van der Waals surface area contributed by atoms with Crippen LogP contribution in [0.25, 0.3) is 0 Å². The molecule has 0 saturated carbocycles. The van der Waals surface area contributed by atoms with Crippen molar-refractivity contribution in [2.45, 2.75) is 18.6 Å². The van der Waals surface area contributed by atoms with E-state index in [-0.39, 0.29) is 16.4 Å². The average Bonchev–Trinajstić information content (AvgIpc) is 2.90. The summed E-state index contributed by atoms with van der Waals surface area (Å²) in [4.78, 5) is 40.3. The average molecular weight is 543 g/mol. The standard InChI is InChI=1S/C26H21F3N4O4S/c1-37-20-12-6-10-18(14-20)30-24(36)21-15-22(34)32(19-11-5-9-17(13-19)26(27,28)29)25(38)33(21)31-23(35)16-7-3-2-4-8-16/h2-14,21H,15H2,1H3,(H,30,36)(H,31,35)/t21-/m1/s1. The van der Waals surface area contributed by atoms with Crippen LogP contribution in [0.1, 0.15) is 22.3 Å². The van der Waals surface area contributed by atoms with E-state index in [1.807, 2.05) is 0 Å². The van der Waals surface area contributed by atoms with Gasteiger partial charge in [0.15, 0.2) is 0 Å². The summed E-state index contributed by atoms with van der Waals surface area (Å²) in [6.45, 7) is 0. The molecule has 196 valence electrons. The topological polar surface area (TPSA) is 91.0 Å². The predicted octanol–water partition coefficient (Wildman–Crippen LogP) is 4.39. The molecule has 0 radical (unpaired) electrons. The number of carbonyl (C=O) groups excluding carboxylic acids is 3. The highest BCUT2D eigenvalue weighted by atomic mass is 32.1. The molecular weight excluding hydrogens is 521 g/mol. The molecule has 1 saturated heterocycles. The lowest BCUT2D eigenvalue weighted by Gasteiger charge is -2.41. The van der Waals surface area contributed by atoms with E-state index < -0.39 is 41.9 Å². The Kier molecular flexibility index (Phi) is 7.62. The Morgan fingerprint density at radius 3 is 2.39 bits per heavy atom. The normalized spacial score (nSPS) is 15.7. The first-order chi connectivity index (χ1) is 18.1. The Hall–Kier alpha value is -4.45. The number of nitrogens with zero attached hydrogens (tertiary/aromatic N) is 2. The summed E-state index contributed by atoms with van der Waals surface area (Å²) in [7, 11) is 1.46. The number of halogens is 3. The maximum atomic E-state index is 13.3. The van der Waals surface area contributed by atoms with Gasteiger partial charge in [0.05, 0.1) is 24.8 Å². The van der Waals surface area contributed by atoms with Crippen LogP contribution < -0.4 is 20.4 Å². The molecule has 38 heavy (non-hydrogen) atoms. The number of hydrogen-bond donors (Lipinski definition) is 2. The van der Waals surface area contributed by atoms with Crippen molar-refractivity contribution in [2.24, 2.45) is 0 Å². The molecule has 3 amide bonds. The molecule has 0 spiro atoms. The first-order valence-electron chi connectivity index (χ1n) is 11.2. The molecule has 8 nitrogen and oxygen atoms in total. The van der Waals surface area contributed by atoms with Crippen LogP contribution >= 0.6 is 12.2 Å². The third kappa shape index (κ3) is 5.75. The molecule has 2 N–H and O–H groups in total. The monoisotopic (exact) mass is 542 g/mol. The number of carbonyl (C=O) groups is 3. The molecule has 12 heteroatoms. The highest BCUT2D eigenvalue weighted by molar-refractivity contribution is 7.80. The van der Waals surface area contributed by atoms with Crippen LogP contribution in [0.15, 0.2) is 78.9 Å². The van der Waals surface area contributed by atoms with Gasteiger partial charge in [-0.25, -0.2) is 5.01 Å². The summed E-state index contributed by atoms with van der Waals surface area (Å²) in [6, 6.07) is 17.3. The van der Waals surface area contributed by atoms with Gasteiger partial charge in [0, 0.05) is 17.3 Å². The Balaban J connectivity index is 1.68. The third-order valence-corrected chi connectivity index (χ3v) is 6.04. The van der Waals surface area contributed by atoms with E-state index in [0.29, 0.717) is 11.4 Å². The molecule has 1 fully saturated rings. The van der Waals surface area contributed by atoms with Crippen molar-refractivity contribution in [1.82, 2.24) is 10.4 Å². The van der Waals surface area contributed by atoms with Crippen molar-refractivity contribution in [2.75, 3.05) is 17.3 Å². The molecule has 3 aromatic carbocycles. The van der Waals surface area contributed by atoms with Gasteiger partial charge in [0.2, 0.25) is 16.9 Å². The highest BCUT2D eigenvalue weighted by Gasteiger charge is 2.42. The molecule has 3 aromatic rings. The van der Waals surface area contributed by atoms with Gasteiger partial charge >= 0.3 is 6.18 Å². The van der Waals surface area contributed by atoms with Crippen molar-refractivity contribution in [1.29, 1.82) is 0 Å². The number of hydrazine groups is 1. The number of methoxy groups -OCH3 is 1. The Bertz CT molecular complexity index is 1380. The van der Waals surface area contributed by atoms with E-state index in [2.05, 4.69) is 10.7 Å². The number of thiocarbonyl (C=S) groups is 1. The Morgan fingerprint density at radius 2 is 1.71 bits per heavy atom. The predicted molar refractivity (Wildman–Crippen MR) is 137 cm³/mol. The number of anilines is 2. The fourth-order valence-corrected chi connectivity index (χ4v) is 4.18. The largest absolute Gasteiger partial charge is 0.497 e. The fourth-order valence-electron chi connectivity index (χ4n) is 3.80. The number of nitrogens with one attached hydrogen (secondary N) is 2. The summed E-state index contributed by atoms with van der Waals surface area (Å²) in [6.07, 6.45) is -5.14. The van der Waals surface area contributed by atoms with Crippen LogP contribution in [0.2, 0.25) is 0 Å². The quantitative estimate of drug-likeness (QED) is 0.449. The van der Waals surface area contributed by atoms with E-state index in [4.69, 9.17) is 17.0 Å². The van der Waals surface area contributed by atoms with Gasteiger partial charge in [-0.1, -0.05) is 30.3 Å². The van der Waals surface area contributed by atoms with Crippen LogP contribution in [0.3, 0.4) is 0 Å². The number of alkyl halides is 3. The number of benzene rings is 3. The lowest BCUT2D eigenvalue weighted by atomic mass is 10.1. The van der Waals surface area contributed by atoms with Crippen molar-refractivity contribution < 1.29 is 32.3 Å². The molecule has 0 aliphatic carbocycles. The summed E-state index contributed by atoms with van der Waals surface area (Å²) in [5.74, 6) is -1.55. The SMILES string of the molecule is COc1cccc(NC(=O)[C@H]2CC(=O)N(c3cccc(C(F)(F)F)c3)C(=S)N2NC(=O)c2ccccc2)c1. The Morgan fingerprint density at radius 1 is 1.00 bits per heavy atom. The molecule has 0 unspecified atom stereocenters. The smallest absolute Gasteiger partial charge is 0.416 e. The van der Waals surface area contributed by atoms with Crippen LogP contribution in [-0.4, -0.2) is 41.0 Å². The van der Waals surface area contributed by atoms with Gasteiger partial charge in [-0.15, -0.1) is 0 Å². The van der Waals surface area contributed by atoms with E-state index in [1.54, 1.807) is 42.5 Å². The summed E-state index contributed by atoms with van der Waals surface area (Å²) < 4.78 is 45.1. The summed E-state index contributed by atoms with van der Waals surface area (Å²) in [5.41, 5.74) is 2.01. The molecular formula is C26H21F3N4O4S. The molecule has 0 aromatic heterocycles. The summed E-state index contributed by atoms with van der Waals surface area (Å²) in [5, 5.41) is 3.31.